The third-order valence-corrected chi connectivity index (χ3v) is 6.58. The molecule has 1 amide bonds. The van der Waals surface area contributed by atoms with E-state index in [0.29, 0.717) is 23.4 Å². The minimum Gasteiger partial charge on any atom is -0.455 e. The maximum atomic E-state index is 12.7. The lowest BCUT2D eigenvalue weighted by Gasteiger charge is -2.58. The SMILES string of the molecule is Cc1cc(NC(=O)COC(=O)C23C[C@@H]4C[C@@H](CC(Br)(C4)C2)C3)no1. The van der Waals surface area contributed by atoms with Crippen LogP contribution >= 0.6 is 15.9 Å². The molecule has 4 aliphatic rings. The summed E-state index contributed by atoms with van der Waals surface area (Å²) in [7, 11) is 0. The third-order valence-electron chi connectivity index (χ3n) is 5.65. The number of ether oxygens (including phenoxy) is 1. The van der Waals surface area contributed by atoms with Gasteiger partial charge in [-0.05, 0) is 57.3 Å². The molecule has 4 fully saturated rings. The van der Waals surface area contributed by atoms with Crippen LogP contribution in [0.4, 0.5) is 5.82 Å². The molecule has 0 aromatic carbocycles. The molecule has 0 saturated heterocycles. The molecule has 0 aliphatic heterocycles. The fourth-order valence-electron chi connectivity index (χ4n) is 5.28. The number of alkyl halides is 1. The van der Waals surface area contributed by atoms with Gasteiger partial charge in [0.1, 0.15) is 5.76 Å². The molecule has 1 aromatic rings. The van der Waals surface area contributed by atoms with Crippen LogP contribution in [-0.2, 0) is 14.3 Å². The molecule has 4 aliphatic carbocycles. The molecule has 130 valence electrons. The minimum absolute atomic E-state index is 0.0939. The van der Waals surface area contributed by atoms with E-state index in [2.05, 4.69) is 26.4 Å². The summed E-state index contributed by atoms with van der Waals surface area (Å²) in [5.41, 5.74) is -0.404. The first kappa shape index (κ1) is 16.1. The van der Waals surface area contributed by atoms with Crippen molar-refractivity contribution in [1.29, 1.82) is 0 Å². The topological polar surface area (TPSA) is 81.4 Å². The Morgan fingerprint density at radius 1 is 1.38 bits per heavy atom. The van der Waals surface area contributed by atoms with Crippen LogP contribution in [0.1, 0.15) is 44.3 Å². The molecule has 7 heteroatoms. The summed E-state index contributed by atoms with van der Waals surface area (Å²) in [6.07, 6.45) is 6.18. The first-order valence-corrected chi connectivity index (χ1v) is 9.25. The second kappa shape index (κ2) is 5.58. The normalized spacial score (nSPS) is 36.6. The lowest BCUT2D eigenvalue weighted by Crippen LogP contribution is -2.56. The van der Waals surface area contributed by atoms with Crippen LogP contribution in [0.25, 0.3) is 0 Å². The number of hydrogen-bond acceptors (Lipinski definition) is 5. The first-order chi connectivity index (χ1) is 11.4. The zero-order valence-corrected chi connectivity index (χ0v) is 15.2. The lowest BCUT2D eigenvalue weighted by atomic mass is 9.49. The van der Waals surface area contributed by atoms with Gasteiger partial charge in [0.2, 0.25) is 0 Å². The van der Waals surface area contributed by atoms with Gasteiger partial charge in [0.15, 0.2) is 12.4 Å². The number of rotatable bonds is 4. The number of hydrogen-bond donors (Lipinski definition) is 1. The number of nitrogens with one attached hydrogen (secondary N) is 1. The quantitative estimate of drug-likeness (QED) is 0.624. The largest absolute Gasteiger partial charge is 0.455 e. The van der Waals surface area contributed by atoms with Gasteiger partial charge in [-0.2, -0.15) is 0 Å². The van der Waals surface area contributed by atoms with E-state index in [1.54, 1.807) is 13.0 Å². The van der Waals surface area contributed by atoms with Gasteiger partial charge in [-0.1, -0.05) is 21.1 Å². The molecule has 4 atom stereocenters. The standard InChI is InChI=1S/C17H21BrN2O4/c1-10-2-13(20-24-10)19-14(21)8-23-15(22)16-4-11-3-12(5-16)7-17(18,6-11)9-16/h2,11-12H,3-9H2,1H3,(H,19,20,21)/t11-,12+,16?,17?. The van der Waals surface area contributed by atoms with Crippen molar-refractivity contribution in [3.8, 4) is 0 Å². The summed E-state index contributed by atoms with van der Waals surface area (Å²) < 4.78 is 10.4. The summed E-state index contributed by atoms with van der Waals surface area (Å²) in [4.78, 5) is 24.7. The zero-order valence-electron chi connectivity index (χ0n) is 13.6. The van der Waals surface area contributed by atoms with E-state index in [0.717, 1.165) is 32.1 Å². The average Bonchev–Trinajstić information content (AvgIpc) is 2.87. The van der Waals surface area contributed by atoms with E-state index in [1.165, 1.54) is 6.42 Å². The molecular weight excluding hydrogens is 376 g/mol. The van der Waals surface area contributed by atoms with Crippen molar-refractivity contribution in [3.05, 3.63) is 11.8 Å². The number of halogens is 1. The Morgan fingerprint density at radius 3 is 2.67 bits per heavy atom. The first-order valence-electron chi connectivity index (χ1n) is 8.45. The van der Waals surface area contributed by atoms with Gasteiger partial charge in [0.25, 0.3) is 5.91 Å². The van der Waals surface area contributed by atoms with Gasteiger partial charge < -0.3 is 14.6 Å². The predicted octanol–water partition coefficient (Wildman–Crippen LogP) is 3.20. The Kier molecular flexibility index (Phi) is 3.74. The van der Waals surface area contributed by atoms with E-state index in [-0.39, 0.29) is 16.9 Å². The highest BCUT2D eigenvalue weighted by Gasteiger charge is 2.60. The van der Waals surface area contributed by atoms with E-state index in [1.807, 2.05) is 0 Å². The van der Waals surface area contributed by atoms with Crippen LogP contribution in [-0.4, -0.2) is 28.0 Å². The molecule has 6 nitrogen and oxygen atoms in total. The van der Waals surface area contributed by atoms with Gasteiger partial charge in [-0.25, -0.2) is 0 Å². The van der Waals surface area contributed by atoms with Gasteiger partial charge in [0, 0.05) is 10.4 Å². The van der Waals surface area contributed by atoms with Crippen molar-refractivity contribution in [2.45, 2.75) is 49.8 Å². The highest BCUT2D eigenvalue weighted by atomic mass is 79.9. The molecule has 0 spiro atoms. The van der Waals surface area contributed by atoms with Crippen molar-refractivity contribution in [2.24, 2.45) is 17.3 Å². The molecule has 1 heterocycles. The predicted molar refractivity (Wildman–Crippen MR) is 89.6 cm³/mol. The van der Waals surface area contributed by atoms with Crippen molar-refractivity contribution in [3.63, 3.8) is 0 Å². The maximum absolute atomic E-state index is 12.7. The molecule has 0 radical (unpaired) electrons. The van der Waals surface area contributed by atoms with Crippen molar-refractivity contribution in [2.75, 3.05) is 11.9 Å². The molecule has 24 heavy (non-hydrogen) atoms. The summed E-state index contributed by atoms with van der Waals surface area (Å²) >= 11 is 3.88. The van der Waals surface area contributed by atoms with Gasteiger partial charge in [0.05, 0.1) is 5.41 Å². The summed E-state index contributed by atoms with van der Waals surface area (Å²) in [5, 5.41) is 6.26. The Balaban J connectivity index is 1.37. The average molecular weight is 397 g/mol. The third kappa shape index (κ3) is 2.87. The molecule has 1 aromatic heterocycles. The van der Waals surface area contributed by atoms with Crippen LogP contribution < -0.4 is 5.32 Å². The molecule has 2 unspecified atom stereocenters. The lowest BCUT2D eigenvalue weighted by molar-refractivity contribution is -0.170. The summed E-state index contributed by atoms with van der Waals surface area (Å²) in [6, 6.07) is 1.62. The molecular formula is C17H21BrN2O4. The summed E-state index contributed by atoms with van der Waals surface area (Å²) in [5.74, 6) is 1.54. The van der Waals surface area contributed by atoms with Crippen molar-refractivity contribution in [1.82, 2.24) is 5.16 Å². The summed E-state index contributed by atoms with van der Waals surface area (Å²) in [6.45, 7) is 1.46. The van der Waals surface area contributed by atoms with E-state index >= 15 is 0 Å². The van der Waals surface area contributed by atoms with Crippen molar-refractivity contribution >= 4 is 33.6 Å². The van der Waals surface area contributed by atoms with Crippen LogP contribution in [0.2, 0.25) is 0 Å². The van der Waals surface area contributed by atoms with Crippen LogP contribution in [0, 0.1) is 24.2 Å². The van der Waals surface area contributed by atoms with Gasteiger partial charge in [-0.3, -0.25) is 9.59 Å². The Hall–Kier alpha value is -1.37. The van der Waals surface area contributed by atoms with Gasteiger partial charge in [-0.15, -0.1) is 0 Å². The van der Waals surface area contributed by atoms with E-state index in [9.17, 15) is 9.59 Å². The Morgan fingerprint density at radius 2 is 2.08 bits per heavy atom. The highest BCUT2D eigenvalue weighted by Crippen LogP contribution is 2.64. The Labute approximate surface area is 148 Å². The smallest absolute Gasteiger partial charge is 0.312 e. The fraction of sp³-hybridized carbons (Fsp3) is 0.706. The number of aromatic nitrogens is 1. The molecule has 4 saturated carbocycles. The van der Waals surface area contributed by atoms with E-state index < -0.39 is 11.3 Å². The second-order valence-corrected chi connectivity index (χ2v) is 9.52. The molecule has 1 N–H and O–H groups in total. The number of aryl methyl sites for hydroxylation is 1. The van der Waals surface area contributed by atoms with Crippen LogP contribution in [0.5, 0.6) is 0 Å². The number of carbonyl (C=O) groups excluding carboxylic acids is 2. The zero-order chi connectivity index (χ0) is 16.9. The van der Waals surface area contributed by atoms with Gasteiger partial charge >= 0.3 is 5.97 Å². The number of carbonyl (C=O) groups is 2. The monoisotopic (exact) mass is 396 g/mol. The molecule has 5 rings (SSSR count). The van der Waals surface area contributed by atoms with Crippen LogP contribution in [0.15, 0.2) is 10.6 Å². The number of anilines is 1. The second-order valence-electron chi connectivity index (χ2n) is 7.84. The number of esters is 1. The fourth-order valence-corrected chi connectivity index (χ4v) is 6.73. The Bertz CT molecular complexity index is 672. The van der Waals surface area contributed by atoms with E-state index in [4.69, 9.17) is 9.26 Å². The van der Waals surface area contributed by atoms with Crippen molar-refractivity contribution < 1.29 is 18.8 Å². The number of nitrogens with zero attached hydrogens (tertiary/aromatic N) is 1. The maximum Gasteiger partial charge on any atom is 0.312 e. The highest BCUT2D eigenvalue weighted by molar-refractivity contribution is 9.10. The molecule has 4 bridgehead atoms. The number of amides is 1. The minimum atomic E-state index is -0.404. The van der Waals surface area contributed by atoms with Crippen LogP contribution in [0.3, 0.4) is 0 Å².